The Morgan fingerprint density at radius 3 is 2.81 bits per heavy atom. The van der Waals surface area contributed by atoms with Crippen LogP contribution in [0.5, 0.6) is 0 Å². The summed E-state index contributed by atoms with van der Waals surface area (Å²) in [7, 11) is 0. The third-order valence-corrected chi connectivity index (χ3v) is 5.68. The van der Waals surface area contributed by atoms with Gasteiger partial charge in [-0.1, -0.05) is 6.07 Å². The van der Waals surface area contributed by atoms with E-state index in [0.717, 1.165) is 59.7 Å². The van der Waals surface area contributed by atoms with E-state index in [1.807, 2.05) is 16.9 Å². The molecule has 1 aliphatic carbocycles. The molecule has 0 amide bonds. The fraction of sp³-hybridized carbons (Fsp3) is 0.562. The maximum absolute atomic E-state index is 10.6. The first kappa shape index (κ1) is 13.7. The number of aromatic nitrogens is 2. The van der Waals surface area contributed by atoms with Crippen molar-refractivity contribution in [1.82, 2.24) is 9.78 Å². The molecule has 112 valence electrons. The zero-order valence-electron chi connectivity index (χ0n) is 11.9. The van der Waals surface area contributed by atoms with Crippen LogP contribution in [-0.4, -0.2) is 21.5 Å². The van der Waals surface area contributed by atoms with E-state index in [1.165, 1.54) is 6.42 Å². The third-order valence-electron chi connectivity index (χ3n) is 4.83. The first-order chi connectivity index (χ1) is 10.2. The van der Waals surface area contributed by atoms with Gasteiger partial charge in [0.15, 0.2) is 6.23 Å². The van der Waals surface area contributed by atoms with Gasteiger partial charge in [-0.2, -0.15) is 5.10 Å². The first-order valence-electron chi connectivity index (χ1n) is 7.69. The van der Waals surface area contributed by atoms with Gasteiger partial charge in [0.25, 0.3) is 0 Å². The normalized spacial score (nSPS) is 25.0. The Morgan fingerprint density at radius 2 is 2.14 bits per heavy atom. The lowest BCUT2D eigenvalue weighted by molar-refractivity contribution is -0.0393. The van der Waals surface area contributed by atoms with Crippen molar-refractivity contribution in [3.8, 4) is 0 Å². The van der Waals surface area contributed by atoms with E-state index in [2.05, 4.69) is 27.1 Å². The van der Waals surface area contributed by atoms with Gasteiger partial charge < -0.3 is 9.84 Å². The summed E-state index contributed by atoms with van der Waals surface area (Å²) in [6.45, 7) is 0.811. The van der Waals surface area contributed by atoms with Crippen LogP contribution < -0.4 is 0 Å². The van der Waals surface area contributed by atoms with Gasteiger partial charge in [-0.25, -0.2) is 4.68 Å². The van der Waals surface area contributed by atoms with Crippen LogP contribution in [0.2, 0.25) is 0 Å². The second kappa shape index (κ2) is 5.07. The van der Waals surface area contributed by atoms with Gasteiger partial charge in [-0.15, -0.1) is 0 Å². The molecule has 2 aromatic rings. The van der Waals surface area contributed by atoms with E-state index >= 15 is 0 Å². The molecule has 4 rings (SSSR count). The van der Waals surface area contributed by atoms with Crippen molar-refractivity contribution in [3.63, 3.8) is 0 Å². The van der Waals surface area contributed by atoms with Crippen LogP contribution in [0.25, 0.3) is 10.9 Å². The Kier molecular flexibility index (Phi) is 3.32. The molecule has 2 fully saturated rings. The lowest BCUT2D eigenvalue weighted by atomic mass is 9.75. The Bertz CT molecular complexity index is 672. The molecule has 4 nitrogen and oxygen atoms in total. The summed E-state index contributed by atoms with van der Waals surface area (Å²) in [5, 5.41) is 16.2. The number of halogens is 1. The van der Waals surface area contributed by atoms with E-state index in [-0.39, 0.29) is 6.23 Å². The van der Waals surface area contributed by atoms with Crippen LogP contribution in [0.3, 0.4) is 0 Å². The molecule has 1 N–H and O–H groups in total. The van der Waals surface area contributed by atoms with Gasteiger partial charge in [-0.05, 0) is 66.1 Å². The Morgan fingerprint density at radius 1 is 1.29 bits per heavy atom. The molecule has 1 unspecified atom stereocenters. The highest BCUT2D eigenvalue weighted by Gasteiger charge is 2.38. The van der Waals surface area contributed by atoms with Gasteiger partial charge in [0.2, 0.25) is 0 Å². The van der Waals surface area contributed by atoms with Crippen molar-refractivity contribution >= 4 is 26.8 Å². The molecule has 0 radical (unpaired) electrons. The van der Waals surface area contributed by atoms with Crippen molar-refractivity contribution in [2.45, 2.75) is 50.4 Å². The van der Waals surface area contributed by atoms with Crippen molar-refractivity contribution < 1.29 is 9.84 Å². The number of hydrogen-bond acceptors (Lipinski definition) is 3. The van der Waals surface area contributed by atoms with E-state index in [1.54, 1.807) is 0 Å². The lowest BCUT2D eigenvalue weighted by Gasteiger charge is -2.37. The third kappa shape index (κ3) is 2.14. The van der Waals surface area contributed by atoms with Gasteiger partial charge in [-0.3, -0.25) is 0 Å². The van der Waals surface area contributed by atoms with Gasteiger partial charge in [0.05, 0.1) is 17.3 Å². The summed E-state index contributed by atoms with van der Waals surface area (Å²) in [5.74, 6) is 0. The average molecular weight is 351 g/mol. The topological polar surface area (TPSA) is 47.3 Å². The Balaban J connectivity index is 1.77. The second-order valence-electron chi connectivity index (χ2n) is 6.16. The standard InChI is InChI=1S/C16H19BrN2O2/c17-15-11-10-18-19(14-4-1-2-9-21-14)13(11)6-5-12(15)16(20)7-3-8-16/h5-6,10,14,20H,1-4,7-9H2. The molecule has 1 atom stereocenters. The fourth-order valence-corrected chi connectivity index (χ4v) is 4.18. The highest BCUT2D eigenvalue weighted by molar-refractivity contribution is 9.10. The zero-order chi connectivity index (χ0) is 14.4. The summed E-state index contributed by atoms with van der Waals surface area (Å²) >= 11 is 3.68. The van der Waals surface area contributed by atoms with Gasteiger partial charge in [0, 0.05) is 16.5 Å². The molecular weight excluding hydrogens is 332 g/mol. The summed E-state index contributed by atoms with van der Waals surface area (Å²) in [6.07, 6.45) is 8.04. The largest absolute Gasteiger partial charge is 0.385 e. The van der Waals surface area contributed by atoms with Crippen molar-refractivity contribution in [1.29, 1.82) is 0 Å². The number of aliphatic hydroxyl groups is 1. The van der Waals surface area contributed by atoms with Crippen molar-refractivity contribution in [2.24, 2.45) is 0 Å². The van der Waals surface area contributed by atoms with E-state index in [4.69, 9.17) is 4.74 Å². The second-order valence-corrected chi connectivity index (χ2v) is 6.95. The lowest BCUT2D eigenvalue weighted by Crippen LogP contribution is -2.33. The van der Waals surface area contributed by atoms with Gasteiger partial charge in [0.1, 0.15) is 0 Å². The Hall–Kier alpha value is -0.910. The van der Waals surface area contributed by atoms with Crippen LogP contribution in [0.1, 0.15) is 50.3 Å². The molecule has 1 aliphatic heterocycles. The smallest absolute Gasteiger partial charge is 0.150 e. The van der Waals surface area contributed by atoms with Crippen molar-refractivity contribution in [2.75, 3.05) is 6.61 Å². The van der Waals surface area contributed by atoms with Crippen LogP contribution in [0.15, 0.2) is 22.8 Å². The molecule has 1 saturated carbocycles. The monoisotopic (exact) mass is 350 g/mol. The van der Waals surface area contributed by atoms with Crippen LogP contribution in [0.4, 0.5) is 0 Å². The number of hydrogen-bond donors (Lipinski definition) is 1. The van der Waals surface area contributed by atoms with Crippen molar-refractivity contribution in [3.05, 3.63) is 28.4 Å². The molecule has 1 aromatic heterocycles. The van der Waals surface area contributed by atoms with E-state index in [0.29, 0.717) is 0 Å². The number of benzene rings is 1. The molecular formula is C16H19BrN2O2. The molecule has 2 aliphatic rings. The van der Waals surface area contributed by atoms with Gasteiger partial charge >= 0.3 is 0 Å². The van der Waals surface area contributed by atoms with Crippen LogP contribution in [-0.2, 0) is 10.3 Å². The maximum atomic E-state index is 10.6. The number of nitrogens with zero attached hydrogens (tertiary/aromatic N) is 2. The minimum atomic E-state index is -0.656. The molecule has 0 spiro atoms. The number of fused-ring (bicyclic) bond motifs is 1. The average Bonchev–Trinajstić information content (AvgIpc) is 2.91. The number of ether oxygens (including phenoxy) is 1. The molecule has 0 bridgehead atoms. The SMILES string of the molecule is OC1(c2ccc3c(cnn3C3CCCCO3)c2Br)CCC1. The van der Waals surface area contributed by atoms with Crippen LogP contribution in [0, 0.1) is 0 Å². The summed E-state index contributed by atoms with van der Waals surface area (Å²) in [6, 6.07) is 4.10. The fourth-order valence-electron chi connectivity index (χ4n) is 3.37. The molecule has 1 aromatic carbocycles. The maximum Gasteiger partial charge on any atom is 0.150 e. The van der Waals surface area contributed by atoms with E-state index < -0.39 is 5.60 Å². The highest BCUT2D eigenvalue weighted by Crippen LogP contribution is 2.45. The molecule has 21 heavy (non-hydrogen) atoms. The highest BCUT2D eigenvalue weighted by atomic mass is 79.9. The predicted octanol–water partition coefficient (Wildman–Crippen LogP) is 3.87. The van der Waals surface area contributed by atoms with E-state index in [9.17, 15) is 5.11 Å². The first-order valence-corrected chi connectivity index (χ1v) is 8.48. The summed E-state index contributed by atoms with van der Waals surface area (Å²) in [4.78, 5) is 0. The number of rotatable bonds is 2. The summed E-state index contributed by atoms with van der Waals surface area (Å²) < 4.78 is 8.79. The predicted molar refractivity (Wildman–Crippen MR) is 84.0 cm³/mol. The Labute approximate surface area is 132 Å². The zero-order valence-corrected chi connectivity index (χ0v) is 13.5. The minimum Gasteiger partial charge on any atom is -0.385 e. The van der Waals surface area contributed by atoms with Crippen LogP contribution >= 0.6 is 15.9 Å². The molecule has 5 heteroatoms. The quantitative estimate of drug-likeness (QED) is 0.894. The summed E-state index contributed by atoms with van der Waals surface area (Å²) in [5.41, 5.74) is 1.40. The minimum absolute atomic E-state index is 0.0424. The molecule has 2 heterocycles. The molecule has 1 saturated heterocycles.